The fraction of sp³-hybridized carbons (Fsp3) is 0.200. The lowest BCUT2D eigenvalue weighted by Crippen LogP contribution is -2.15. The maximum Gasteiger partial charge on any atom is 0.266 e. The molecule has 3 aromatic heterocycles. The highest BCUT2D eigenvalue weighted by atomic mass is 32.2. The Kier molecular flexibility index (Phi) is 4.26. The van der Waals surface area contributed by atoms with Crippen LogP contribution in [0.1, 0.15) is 17.1 Å². The van der Waals surface area contributed by atoms with Gasteiger partial charge in [-0.1, -0.05) is 0 Å². The first-order chi connectivity index (χ1) is 11.5. The van der Waals surface area contributed by atoms with Crippen LogP contribution >= 0.6 is 0 Å². The van der Waals surface area contributed by atoms with Crippen LogP contribution in [0, 0.1) is 13.8 Å². The van der Waals surface area contributed by atoms with Crippen molar-refractivity contribution in [3.05, 3.63) is 53.9 Å². The number of hydrogen-bond donors (Lipinski definition) is 3. The van der Waals surface area contributed by atoms with Gasteiger partial charge in [0.1, 0.15) is 16.5 Å². The van der Waals surface area contributed by atoms with E-state index in [2.05, 4.69) is 25.2 Å². The number of aryl methyl sites for hydroxylation is 2. The molecule has 0 amide bonds. The van der Waals surface area contributed by atoms with E-state index in [0.29, 0.717) is 17.9 Å². The van der Waals surface area contributed by atoms with Crippen molar-refractivity contribution >= 4 is 21.5 Å². The van der Waals surface area contributed by atoms with E-state index in [1.807, 2.05) is 12.1 Å². The number of nitrogens with one attached hydrogen (secondary N) is 3. The molecule has 9 heteroatoms. The van der Waals surface area contributed by atoms with Crippen molar-refractivity contribution in [2.45, 2.75) is 25.3 Å². The topological polar surface area (TPSA) is 113 Å². The monoisotopic (exact) mass is 347 g/mol. The highest BCUT2D eigenvalue weighted by molar-refractivity contribution is 7.92. The molecule has 0 bridgehead atoms. The maximum absolute atomic E-state index is 12.4. The van der Waals surface area contributed by atoms with Crippen molar-refractivity contribution < 1.29 is 12.8 Å². The molecule has 0 saturated carbocycles. The molecule has 0 fully saturated rings. The van der Waals surface area contributed by atoms with Gasteiger partial charge in [0.05, 0.1) is 36.1 Å². The third-order valence-corrected chi connectivity index (χ3v) is 5.00. The van der Waals surface area contributed by atoms with Gasteiger partial charge < -0.3 is 9.73 Å². The van der Waals surface area contributed by atoms with E-state index in [-0.39, 0.29) is 10.7 Å². The number of pyridine rings is 1. The molecule has 3 heterocycles. The number of hydrogen-bond acceptors (Lipinski definition) is 6. The number of anilines is 2. The third-order valence-electron chi connectivity index (χ3n) is 3.38. The summed E-state index contributed by atoms with van der Waals surface area (Å²) >= 11 is 0. The smallest absolute Gasteiger partial charge is 0.266 e. The third kappa shape index (κ3) is 3.40. The molecule has 126 valence electrons. The van der Waals surface area contributed by atoms with E-state index in [9.17, 15) is 8.42 Å². The number of furan rings is 1. The predicted molar refractivity (Wildman–Crippen MR) is 89.1 cm³/mol. The van der Waals surface area contributed by atoms with Gasteiger partial charge in [-0.05, 0) is 38.1 Å². The van der Waals surface area contributed by atoms with Crippen LogP contribution in [0.5, 0.6) is 0 Å². The van der Waals surface area contributed by atoms with E-state index in [0.717, 1.165) is 11.4 Å². The second-order valence-electron chi connectivity index (χ2n) is 5.23. The van der Waals surface area contributed by atoms with Gasteiger partial charge in [0.25, 0.3) is 10.0 Å². The molecule has 8 nitrogen and oxygen atoms in total. The first-order valence-corrected chi connectivity index (χ1v) is 8.71. The Hall–Kier alpha value is -2.81. The standard InChI is InChI=1S/C15H17N5O3S/c1-10-15(11(2)19-18-10)24(21,22)20-14-6-5-12(8-17-14)16-9-13-4-3-7-23-13/h3-8,16H,9H2,1-2H3,(H,17,20)(H,18,19). The van der Waals surface area contributed by atoms with Crippen molar-refractivity contribution in [3.63, 3.8) is 0 Å². The Morgan fingerprint density at radius 1 is 1.25 bits per heavy atom. The van der Waals surface area contributed by atoms with Gasteiger partial charge in [-0.2, -0.15) is 5.10 Å². The van der Waals surface area contributed by atoms with E-state index in [1.165, 1.54) is 0 Å². The zero-order chi connectivity index (χ0) is 17.2. The summed E-state index contributed by atoms with van der Waals surface area (Å²) in [6, 6.07) is 7.00. The molecule has 3 rings (SSSR count). The molecule has 0 spiro atoms. The summed E-state index contributed by atoms with van der Waals surface area (Å²) < 4.78 is 32.5. The molecule has 24 heavy (non-hydrogen) atoms. The van der Waals surface area contributed by atoms with Crippen molar-refractivity contribution in [1.29, 1.82) is 0 Å². The molecule has 3 aromatic rings. The quantitative estimate of drug-likeness (QED) is 0.631. The lowest BCUT2D eigenvalue weighted by molar-refractivity contribution is 0.518. The van der Waals surface area contributed by atoms with Crippen molar-refractivity contribution in [1.82, 2.24) is 15.2 Å². The summed E-state index contributed by atoms with van der Waals surface area (Å²) in [4.78, 5) is 4.26. The predicted octanol–water partition coefficient (Wildman–Crippen LogP) is 2.43. The van der Waals surface area contributed by atoms with Gasteiger partial charge in [0.15, 0.2) is 0 Å². The molecule has 0 aliphatic carbocycles. The maximum atomic E-state index is 12.4. The fourth-order valence-electron chi connectivity index (χ4n) is 2.29. The van der Waals surface area contributed by atoms with Crippen molar-refractivity contribution in [2.24, 2.45) is 0 Å². The molecule has 0 aromatic carbocycles. The highest BCUT2D eigenvalue weighted by Crippen LogP contribution is 2.20. The minimum atomic E-state index is -3.73. The number of H-pyrrole nitrogens is 1. The van der Waals surface area contributed by atoms with Crippen LogP contribution in [0.15, 0.2) is 46.0 Å². The summed E-state index contributed by atoms with van der Waals surface area (Å²) in [6.45, 7) is 3.81. The molecule has 3 N–H and O–H groups in total. The molecular weight excluding hydrogens is 330 g/mol. The van der Waals surface area contributed by atoms with Gasteiger partial charge in [-0.15, -0.1) is 0 Å². The second-order valence-corrected chi connectivity index (χ2v) is 6.85. The van der Waals surface area contributed by atoms with E-state index in [4.69, 9.17) is 4.42 Å². The Labute approximate surface area is 139 Å². The Bertz CT molecular complexity index is 895. The van der Waals surface area contributed by atoms with Crippen LogP contribution in [0.25, 0.3) is 0 Å². The Morgan fingerprint density at radius 2 is 2.08 bits per heavy atom. The molecule has 0 atom stereocenters. The fourth-order valence-corrected chi connectivity index (χ4v) is 3.67. The van der Waals surface area contributed by atoms with Crippen LogP contribution in [0.3, 0.4) is 0 Å². The van der Waals surface area contributed by atoms with Crippen molar-refractivity contribution in [2.75, 3.05) is 10.0 Å². The van der Waals surface area contributed by atoms with Crippen LogP contribution in [-0.4, -0.2) is 23.6 Å². The Morgan fingerprint density at radius 3 is 2.67 bits per heavy atom. The normalized spacial score (nSPS) is 11.4. The van der Waals surface area contributed by atoms with Crippen LogP contribution in [0.4, 0.5) is 11.5 Å². The van der Waals surface area contributed by atoms with Crippen molar-refractivity contribution in [3.8, 4) is 0 Å². The molecule has 0 saturated heterocycles. The second kappa shape index (κ2) is 6.36. The van der Waals surface area contributed by atoms with Gasteiger partial charge >= 0.3 is 0 Å². The number of aromatic nitrogens is 3. The number of sulfonamides is 1. The van der Waals surface area contributed by atoms with E-state index >= 15 is 0 Å². The number of rotatable bonds is 6. The molecule has 0 aliphatic rings. The summed E-state index contributed by atoms with van der Waals surface area (Å²) in [5, 5.41) is 9.70. The molecular formula is C15H17N5O3S. The largest absolute Gasteiger partial charge is 0.467 e. The summed E-state index contributed by atoms with van der Waals surface area (Å²) in [5.41, 5.74) is 1.65. The van der Waals surface area contributed by atoms with Gasteiger partial charge in [0.2, 0.25) is 0 Å². The minimum Gasteiger partial charge on any atom is -0.467 e. The van der Waals surface area contributed by atoms with Crippen LogP contribution in [-0.2, 0) is 16.6 Å². The highest BCUT2D eigenvalue weighted by Gasteiger charge is 2.22. The van der Waals surface area contributed by atoms with Crippen LogP contribution in [0.2, 0.25) is 0 Å². The minimum absolute atomic E-state index is 0.143. The summed E-state index contributed by atoms with van der Waals surface area (Å²) in [7, 11) is -3.73. The van der Waals surface area contributed by atoms with Gasteiger partial charge in [0, 0.05) is 0 Å². The van der Waals surface area contributed by atoms with E-state index in [1.54, 1.807) is 38.4 Å². The Balaban J connectivity index is 1.70. The average Bonchev–Trinajstić information content (AvgIpc) is 3.16. The molecule has 0 unspecified atom stereocenters. The first-order valence-electron chi connectivity index (χ1n) is 7.22. The zero-order valence-electron chi connectivity index (χ0n) is 13.2. The number of aromatic amines is 1. The SMILES string of the molecule is Cc1n[nH]c(C)c1S(=O)(=O)Nc1ccc(NCc2ccco2)cn1. The lowest BCUT2D eigenvalue weighted by atomic mass is 10.4. The zero-order valence-corrected chi connectivity index (χ0v) is 14.0. The van der Waals surface area contributed by atoms with Gasteiger partial charge in [-0.3, -0.25) is 9.82 Å². The molecule has 0 radical (unpaired) electrons. The summed E-state index contributed by atoms with van der Waals surface area (Å²) in [5.74, 6) is 1.03. The van der Waals surface area contributed by atoms with Crippen LogP contribution < -0.4 is 10.0 Å². The van der Waals surface area contributed by atoms with E-state index < -0.39 is 10.0 Å². The molecule has 0 aliphatic heterocycles. The average molecular weight is 347 g/mol. The van der Waals surface area contributed by atoms with Gasteiger partial charge in [-0.25, -0.2) is 13.4 Å². The first kappa shape index (κ1) is 16.1. The summed E-state index contributed by atoms with van der Waals surface area (Å²) in [6.07, 6.45) is 3.16. The lowest BCUT2D eigenvalue weighted by Gasteiger charge is -2.09. The number of nitrogens with zero attached hydrogens (tertiary/aromatic N) is 2.